The third-order valence-electron chi connectivity index (χ3n) is 7.21. The van der Waals surface area contributed by atoms with E-state index < -0.39 is 5.60 Å². The van der Waals surface area contributed by atoms with Gasteiger partial charge in [0.15, 0.2) is 0 Å². The van der Waals surface area contributed by atoms with Crippen molar-refractivity contribution in [3.05, 3.63) is 108 Å². The second-order valence-electron chi connectivity index (χ2n) is 8.36. The summed E-state index contributed by atoms with van der Waals surface area (Å²) in [6, 6.07) is 32.2. The third kappa shape index (κ3) is 3.11. The Morgan fingerprint density at radius 2 is 1.07 bits per heavy atom. The smallest absolute Gasteiger partial charge is 0.0940 e. The molecule has 1 saturated carbocycles. The molecule has 1 aliphatic heterocycles. The highest BCUT2D eigenvalue weighted by Crippen LogP contribution is 2.57. The number of hydrogen-bond acceptors (Lipinski definition) is 2. The summed E-state index contributed by atoms with van der Waals surface area (Å²) in [5.74, 6) is 0.528. The zero-order chi connectivity index (χ0) is 19.0. The van der Waals surface area contributed by atoms with Gasteiger partial charge in [-0.3, -0.25) is 0 Å². The largest absolute Gasteiger partial charge is 0.385 e. The van der Waals surface area contributed by atoms with Crippen molar-refractivity contribution in [2.75, 3.05) is 13.1 Å². The van der Waals surface area contributed by atoms with Gasteiger partial charge in [-0.25, -0.2) is 0 Å². The normalized spacial score (nSPS) is 27.6. The molecule has 2 N–H and O–H groups in total. The first-order valence-corrected chi connectivity index (χ1v) is 10.3. The van der Waals surface area contributed by atoms with E-state index in [9.17, 15) is 5.11 Å². The summed E-state index contributed by atoms with van der Waals surface area (Å²) in [7, 11) is 0. The average Bonchev–Trinajstić information content (AvgIpc) is 3.28. The average molecular weight is 406 g/mol. The predicted molar refractivity (Wildman–Crippen MR) is 120 cm³/mol. The molecule has 2 nitrogen and oxygen atoms in total. The van der Waals surface area contributed by atoms with E-state index >= 15 is 0 Å². The molecule has 5 rings (SSSR count). The lowest BCUT2D eigenvalue weighted by molar-refractivity contribution is -0.0834. The van der Waals surface area contributed by atoms with Gasteiger partial charge in [0.2, 0.25) is 0 Å². The predicted octanol–water partition coefficient (Wildman–Crippen LogP) is 4.91. The lowest BCUT2D eigenvalue weighted by Crippen LogP contribution is -2.53. The maximum Gasteiger partial charge on any atom is 0.0940 e. The SMILES string of the molecule is Cl.O[C@@]1(c2ccccc2)CCC(c2ccccc2)(c2ccccc2)[C@H]2CNC[C@H]21. The van der Waals surface area contributed by atoms with Crippen LogP contribution < -0.4 is 5.32 Å². The molecular weight excluding hydrogens is 378 g/mol. The van der Waals surface area contributed by atoms with Crippen molar-refractivity contribution < 1.29 is 5.11 Å². The first kappa shape index (κ1) is 20.2. The van der Waals surface area contributed by atoms with Gasteiger partial charge in [-0.15, -0.1) is 12.4 Å². The number of rotatable bonds is 3. The lowest BCUT2D eigenvalue weighted by Gasteiger charge is -2.53. The maximum absolute atomic E-state index is 11.9. The van der Waals surface area contributed by atoms with Crippen LogP contribution in [-0.2, 0) is 11.0 Å². The molecule has 2 fully saturated rings. The molecule has 1 heterocycles. The van der Waals surface area contributed by atoms with Gasteiger partial charge in [0.25, 0.3) is 0 Å². The van der Waals surface area contributed by atoms with E-state index in [1.807, 2.05) is 18.2 Å². The molecule has 0 aromatic heterocycles. The van der Waals surface area contributed by atoms with Crippen LogP contribution in [0.1, 0.15) is 29.5 Å². The van der Waals surface area contributed by atoms with Crippen LogP contribution in [0.15, 0.2) is 91.0 Å². The van der Waals surface area contributed by atoms with Crippen molar-refractivity contribution in [3.8, 4) is 0 Å². The molecule has 150 valence electrons. The summed E-state index contributed by atoms with van der Waals surface area (Å²) in [5, 5.41) is 15.5. The van der Waals surface area contributed by atoms with Gasteiger partial charge >= 0.3 is 0 Å². The number of nitrogens with one attached hydrogen (secondary N) is 1. The Morgan fingerprint density at radius 3 is 1.59 bits per heavy atom. The Labute approximate surface area is 179 Å². The quantitative estimate of drug-likeness (QED) is 0.648. The Bertz CT molecular complexity index is 891. The highest BCUT2D eigenvalue weighted by Gasteiger charge is 2.58. The minimum absolute atomic E-state index is 0. The zero-order valence-corrected chi connectivity index (χ0v) is 17.3. The van der Waals surface area contributed by atoms with E-state index in [-0.39, 0.29) is 23.7 Å². The van der Waals surface area contributed by atoms with Crippen LogP contribution in [0.2, 0.25) is 0 Å². The fourth-order valence-corrected chi connectivity index (χ4v) is 5.90. The van der Waals surface area contributed by atoms with Crippen molar-refractivity contribution >= 4 is 12.4 Å². The van der Waals surface area contributed by atoms with Gasteiger partial charge in [-0.05, 0) is 42.0 Å². The summed E-state index contributed by atoms with van der Waals surface area (Å²) in [4.78, 5) is 0. The second kappa shape index (κ2) is 7.95. The fourth-order valence-electron chi connectivity index (χ4n) is 5.90. The molecule has 3 aromatic rings. The molecule has 3 heteroatoms. The standard InChI is InChI=1S/C26H27NO.ClH/c28-26(22-14-8-3-9-15-22)17-16-25(20-10-4-1-5-11-20,21-12-6-2-7-13-21)23-18-27-19-24(23)26;/h1-15,23-24,27-28H,16-19H2;1H/t23-,24+,26+;/m0./s1. The number of halogens is 1. The first-order chi connectivity index (χ1) is 13.7. The molecule has 1 saturated heterocycles. The van der Waals surface area contributed by atoms with E-state index in [0.717, 1.165) is 31.5 Å². The molecule has 0 unspecified atom stereocenters. The van der Waals surface area contributed by atoms with Crippen LogP contribution in [0.3, 0.4) is 0 Å². The van der Waals surface area contributed by atoms with Crippen LogP contribution in [0.25, 0.3) is 0 Å². The van der Waals surface area contributed by atoms with Gasteiger partial charge in [0, 0.05) is 17.9 Å². The van der Waals surface area contributed by atoms with E-state index in [1.165, 1.54) is 11.1 Å². The van der Waals surface area contributed by atoms with E-state index in [4.69, 9.17) is 0 Å². The van der Waals surface area contributed by atoms with Gasteiger partial charge in [-0.2, -0.15) is 0 Å². The van der Waals surface area contributed by atoms with Crippen LogP contribution >= 0.6 is 12.4 Å². The van der Waals surface area contributed by atoms with Crippen molar-refractivity contribution in [2.45, 2.75) is 23.9 Å². The van der Waals surface area contributed by atoms with Crippen LogP contribution in [0, 0.1) is 11.8 Å². The molecule has 0 radical (unpaired) electrons. The molecule has 29 heavy (non-hydrogen) atoms. The molecule has 3 aromatic carbocycles. The van der Waals surface area contributed by atoms with Gasteiger partial charge in [0.1, 0.15) is 0 Å². The summed E-state index contributed by atoms with van der Waals surface area (Å²) < 4.78 is 0. The molecular formula is C26H28ClNO. The molecule has 2 aliphatic rings. The van der Waals surface area contributed by atoms with Gasteiger partial charge in [-0.1, -0.05) is 91.0 Å². The highest BCUT2D eigenvalue weighted by molar-refractivity contribution is 5.85. The Balaban J connectivity index is 0.00000205. The van der Waals surface area contributed by atoms with E-state index in [0.29, 0.717) is 5.92 Å². The first-order valence-electron chi connectivity index (χ1n) is 10.3. The van der Waals surface area contributed by atoms with Crippen molar-refractivity contribution in [3.63, 3.8) is 0 Å². The Hall–Kier alpha value is -2.13. The molecule has 1 aliphatic carbocycles. The second-order valence-corrected chi connectivity index (χ2v) is 8.36. The Kier molecular flexibility index (Phi) is 5.52. The highest BCUT2D eigenvalue weighted by atomic mass is 35.5. The van der Waals surface area contributed by atoms with Gasteiger partial charge in [0.05, 0.1) is 5.60 Å². The molecule has 3 atom stereocenters. The summed E-state index contributed by atoms with van der Waals surface area (Å²) >= 11 is 0. The van der Waals surface area contributed by atoms with Crippen molar-refractivity contribution in [2.24, 2.45) is 11.8 Å². The molecule has 0 bridgehead atoms. The van der Waals surface area contributed by atoms with Gasteiger partial charge < -0.3 is 10.4 Å². The minimum atomic E-state index is -0.775. The summed E-state index contributed by atoms with van der Waals surface area (Å²) in [6.07, 6.45) is 1.71. The van der Waals surface area contributed by atoms with Crippen LogP contribution in [-0.4, -0.2) is 18.2 Å². The zero-order valence-electron chi connectivity index (χ0n) is 16.5. The summed E-state index contributed by atoms with van der Waals surface area (Å²) in [5.41, 5.74) is 2.95. The molecule has 0 spiro atoms. The summed E-state index contributed by atoms with van der Waals surface area (Å²) in [6.45, 7) is 1.79. The number of fused-ring (bicyclic) bond motifs is 1. The number of hydrogen-bond donors (Lipinski definition) is 2. The topological polar surface area (TPSA) is 32.3 Å². The molecule has 0 amide bonds. The Morgan fingerprint density at radius 1 is 0.621 bits per heavy atom. The fraction of sp³-hybridized carbons (Fsp3) is 0.308. The van der Waals surface area contributed by atoms with Crippen molar-refractivity contribution in [1.82, 2.24) is 5.32 Å². The minimum Gasteiger partial charge on any atom is -0.385 e. The number of benzene rings is 3. The monoisotopic (exact) mass is 405 g/mol. The third-order valence-corrected chi connectivity index (χ3v) is 7.21. The number of aliphatic hydroxyl groups is 1. The lowest BCUT2D eigenvalue weighted by atomic mass is 9.52. The van der Waals surface area contributed by atoms with E-state index in [2.05, 4.69) is 78.1 Å². The van der Waals surface area contributed by atoms with E-state index in [1.54, 1.807) is 0 Å². The van der Waals surface area contributed by atoms with Crippen LogP contribution in [0.5, 0.6) is 0 Å². The van der Waals surface area contributed by atoms with Crippen molar-refractivity contribution in [1.29, 1.82) is 0 Å². The maximum atomic E-state index is 11.9. The van der Waals surface area contributed by atoms with Crippen LogP contribution in [0.4, 0.5) is 0 Å².